The molecule has 0 bridgehead atoms. The van der Waals surface area contributed by atoms with Crippen LogP contribution in [0.2, 0.25) is 0 Å². The van der Waals surface area contributed by atoms with Gasteiger partial charge in [-0.15, -0.1) is 0 Å². The number of pyridine rings is 1. The first-order chi connectivity index (χ1) is 10.9. The van der Waals surface area contributed by atoms with Crippen molar-refractivity contribution in [2.45, 2.75) is 48.6 Å². The van der Waals surface area contributed by atoms with E-state index in [2.05, 4.69) is 59.3 Å². The highest BCUT2D eigenvalue weighted by molar-refractivity contribution is 7.99. The SMILES string of the molecule is CCCCN1CCCC1c1cccnc1Sc1ccccc1. The van der Waals surface area contributed by atoms with Crippen LogP contribution in [-0.2, 0) is 0 Å². The molecular weight excluding hydrogens is 288 g/mol. The third-order valence-corrected chi connectivity index (χ3v) is 5.32. The average Bonchev–Trinajstić information content (AvgIpc) is 3.03. The molecule has 1 aliphatic heterocycles. The zero-order valence-corrected chi connectivity index (χ0v) is 14.1. The number of rotatable bonds is 6. The molecule has 0 radical (unpaired) electrons. The van der Waals surface area contributed by atoms with E-state index in [1.165, 1.54) is 54.3 Å². The topological polar surface area (TPSA) is 16.1 Å². The highest BCUT2D eigenvalue weighted by atomic mass is 32.2. The van der Waals surface area contributed by atoms with Crippen molar-refractivity contribution >= 4 is 11.8 Å². The predicted molar refractivity (Wildman–Crippen MR) is 93.3 cm³/mol. The summed E-state index contributed by atoms with van der Waals surface area (Å²) < 4.78 is 0. The van der Waals surface area contributed by atoms with Gasteiger partial charge in [-0.3, -0.25) is 4.90 Å². The molecule has 1 fully saturated rings. The lowest BCUT2D eigenvalue weighted by molar-refractivity contribution is 0.250. The zero-order valence-electron chi connectivity index (χ0n) is 13.2. The van der Waals surface area contributed by atoms with Crippen molar-refractivity contribution in [1.82, 2.24) is 9.88 Å². The molecule has 0 saturated carbocycles. The molecule has 0 aliphatic carbocycles. The standard InChI is InChI=1S/C19H24N2S/c1-2-3-14-21-15-8-12-18(21)17-11-7-13-20-19(17)22-16-9-5-4-6-10-16/h4-7,9-11,13,18H,2-3,8,12,14-15H2,1H3. The van der Waals surface area contributed by atoms with Crippen LogP contribution in [0.15, 0.2) is 58.6 Å². The van der Waals surface area contributed by atoms with Crippen molar-refractivity contribution in [1.29, 1.82) is 0 Å². The average molecular weight is 312 g/mol. The van der Waals surface area contributed by atoms with Crippen LogP contribution in [0.1, 0.15) is 44.2 Å². The maximum Gasteiger partial charge on any atom is 0.105 e. The summed E-state index contributed by atoms with van der Waals surface area (Å²) in [4.78, 5) is 8.58. The summed E-state index contributed by atoms with van der Waals surface area (Å²) in [7, 11) is 0. The summed E-state index contributed by atoms with van der Waals surface area (Å²) in [5.41, 5.74) is 1.41. The summed E-state index contributed by atoms with van der Waals surface area (Å²) in [5, 5.41) is 1.17. The van der Waals surface area contributed by atoms with Gasteiger partial charge in [0.1, 0.15) is 5.03 Å². The molecule has 1 aliphatic rings. The maximum atomic E-state index is 4.67. The lowest BCUT2D eigenvalue weighted by atomic mass is 10.1. The van der Waals surface area contributed by atoms with Gasteiger partial charge in [0.2, 0.25) is 0 Å². The first-order valence-corrected chi connectivity index (χ1v) is 9.12. The van der Waals surface area contributed by atoms with Crippen molar-refractivity contribution in [3.63, 3.8) is 0 Å². The van der Waals surface area contributed by atoms with Crippen molar-refractivity contribution in [3.8, 4) is 0 Å². The molecule has 1 unspecified atom stereocenters. The molecule has 0 spiro atoms. The lowest BCUT2D eigenvalue weighted by Gasteiger charge is -2.25. The van der Waals surface area contributed by atoms with E-state index in [9.17, 15) is 0 Å². The second-order valence-electron chi connectivity index (χ2n) is 5.86. The maximum absolute atomic E-state index is 4.67. The molecule has 3 rings (SSSR count). The van der Waals surface area contributed by atoms with Gasteiger partial charge < -0.3 is 0 Å². The Bertz CT molecular complexity index is 585. The van der Waals surface area contributed by atoms with E-state index in [4.69, 9.17) is 0 Å². The van der Waals surface area contributed by atoms with Crippen molar-refractivity contribution in [2.24, 2.45) is 0 Å². The number of nitrogens with zero attached hydrogens (tertiary/aromatic N) is 2. The largest absolute Gasteiger partial charge is 0.296 e. The molecule has 1 aromatic heterocycles. The summed E-state index contributed by atoms with van der Waals surface area (Å²) in [6.45, 7) is 4.71. The number of benzene rings is 1. The van der Waals surface area contributed by atoms with Gasteiger partial charge in [-0.25, -0.2) is 4.98 Å². The molecule has 0 N–H and O–H groups in total. The number of aromatic nitrogens is 1. The molecule has 1 atom stereocenters. The fourth-order valence-corrected chi connectivity index (χ4v) is 4.10. The van der Waals surface area contributed by atoms with Crippen molar-refractivity contribution in [2.75, 3.05) is 13.1 Å². The smallest absolute Gasteiger partial charge is 0.105 e. The summed E-state index contributed by atoms with van der Waals surface area (Å²) in [6, 6.07) is 15.5. The highest BCUT2D eigenvalue weighted by Crippen LogP contribution is 2.38. The van der Waals surface area contributed by atoms with E-state index >= 15 is 0 Å². The van der Waals surface area contributed by atoms with E-state index < -0.39 is 0 Å². The third kappa shape index (κ3) is 3.71. The van der Waals surface area contributed by atoms with Gasteiger partial charge in [-0.2, -0.15) is 0 Å². The second-order valence-corrected chi connectivity index (χ2v) is 6.92. The van der Waals surface area contributed by atoms with E-state index in [0.717, 1.165) is 0 Å². The summed E-state index contributed by atoms with van der Waals surface area (Å²) >= 11 is 1.79. The van der Waals surface area contributed by atoms with E-state index in [-0.39, 0.29) is 0 Å². The minimum absolute atomic E-state index is 0.548. The molecule has 22 heavy (non-hydrogen) atoms. The van der Waals surface area contributed by atoms with E-state index in [1.807, 2.05) is 6.20 Å². The third-order valence-electron chi connectivity index (χ3n) is 4.28. The monoisotopic (exact) mass is 312 g/mol. The van der Waals surface area contributed by atoms with Gasteiger partial charge in [0, 0.05) is 22.7 Å². The normalized spacial score (nSPS) is 18.7. The Labute approximate surface area is 138 Å². The number of likely N-dealkylation sites (tertiary alicyclic amines) is 1. The van der Waals surface area contributed by atoms with E-state index in [0.29, 0.717) is 6.04 Å². The molecule has 2 nitrogen and oxygen atoms in total. The zero-order chi connectivity index (χ0) is 15.2. The minimum Gasteiger partial charge on any atom is -0.296 e. The highest BCUT2D eigenvalue weighted by Gasteiger charge is 2.27. The summed E-state index contributed by atoms with van der Waals surface area (Å²) in [6.07, 6.45) is 7.04. The molecule has 3 heteroatoms. The Morgan fingerprint density at radius 2 is 2.05 bits per heavy atom. The van der Waals surface area contributed by atoms with Gasteiger partial charge in [0.05, 0.1) is 0 Å². The van der Waals surface area contributed by atoms with Gasteiger partial charge in [-0.05, 0) is 50.6 Å². The molecule has 1 saturated heterocycles. The van der Waals surface area contributed by atoms with Crippen LogP contribution in [0, 0.1) is 0 Å². The van der Waals surface area contributed by atoms with Crippen LogP contribution >= 0.6 is 11.8 Å². The molecule has 2 aromatic rings. The molecular formula is C19H24N2S. The Kier molecular flexibility index (Phi) is 5.52. The van der Waals surface area contributed by atoms with Gasteiger partial charge in [0.15, 0.2) is 0 Å². The lowest BCUT2D eigenvalue weighted by Crippen LogP contribution is -2.24. The van der Waals surface area contributed by atoms with Crippen molar-refractivity contribution in [3.05, 3.63) is 54.2 Å². The van der Waals surface area contributed by atoms with Crippen LogP contribution in [0.25, 0.3) is 0 Å². The molecule has 0 amide bonds. The number of hydrogen-bond donors (Lipinski definition) is 0. The van der Waals surface area contributed by atoms with Crippen LogP contribution in [0.3, 0.4) is 0 Å². The van der Waals surface area contributed by atoms with Gasteiger partial charge in [-0.1, -0.05) is 49.4 Å². The van der Waals surface area contributed by atoms with Crippen LogP contribution in [-0.4, -0.2) is 23.0 Å². The Morgan fingerprint density at radius 3 is 2.86 bits per heavy atom. The van der Waals surface area contributed by atoms with Crippen LogP contribution < -0.4 is 0 Å². The second kappa shape index (κ2) is 7.80. The molecule has 2 heterocycles. The molecule has 1 aromatic carbocycles. The van der Waals surface area contributed by atoms with Gasteiger partial charge in [0.25, 0.3) is 0 Å². The van der Waals surface area contributed by atoms with Crippen LogP contribution in [0.5, 0.6) is 0 Å². The Morgan fingerprint density at radius 1 is 1.18 bits per heavy atom. The number of unbranched alkanes of at least 4 members (excludes halogenated alkanes) is 1. The molecule has 116 valence electrons. The van der Waals surface area contributed by atoms with Gasteiger partial charge >= 0.3 is 0 Å². The minimum atomic E-state index is 0.548. The predicted octanol–water partition coefficient (Wildman–Crippen LogP) is 5.17. The van der Waals surface area contributed by atoms with E-state index in [1.54, 1.807) is 11.8 Å². The Balaban J connectivity index is 1.81. The first-order valence-electron chi connectivity index (χ1n) is 8.30. The fourth-order valence-electron chi connectivity index (χ4n) is 3.15. The quantitative estimate of drug-likeness (QED) is 0.732. The van der Waals surface area contributed by atoms with Crippen LogP contribution in [0.4, 0.5) is 0 Å². The number of hydrogen-bond acceptors (Lipinski definition) is 3. The van der Waals surface area contributed by atoms with Crippen molar-refractivity contribution < 1.29 is 0 Å². The Hall–Kier alpha value is -1.32. The first kappa shape index (κ1) is 15.6. The summed E-state index contributed by atoms with van der Waals surface area (Å²) in [5.74, 6) is 0. The fraction of sp³-hybridized carbons (Fsp3) is 0.421.